The summed E-state index contributed by atoms with van der Waals surface area (Å²) in [6.45, 7) is 0.160. The summed E-state index contributed by atoms with van der Waals surface area (Å²) in [4.78, 5) is 61.4. The van der Waals surface area contributed by atoms with Crippen LogP contribution in [0.3, 0.4) is 0 Å². The molecule has 1 N–H and O–H groups in total. The summed E-state index contributed by atoms with van der Waals surface area (Å²) in [5.74, 6) is -0.108. The SMILES string of the molecule is Cn1c(=O)c2c(ncn2CCOC(=O)c2ccccc2Cc2nc3ccccc3c(=O)[nH]2)n(C)c1=O. The molecule has 11 heteroatoms. The number of ether oxygens (including phenoxy) is 1. The van der Waals surface area contributed by atoms with Gasteiger partial charge in [0.25, 0.3) is 11.1 Å². The molecule has 0 amide bonds. The van der Waals surface area contributed by atoms with E-state index in [-0.39, 0.29) is 36.3 Å². The van der Waals surface area contributed by atoms with Gasteiger partial charge in [-0.05, 0) is 23.8 Å². The fourth-order valence-corrected chi connectivity index (χ4v) is 4.15. The highest BCUT2D eigenvalue weighted by Gasteiger charge is 2.17. The van der Waals surface area contributed by atoms with E-state index in [9.17, 15) is 19.2 Å². The van der Waals surface area contributed by atoms with Gasteiger partial charge in [0.2, 0.25) is 0 Å². The van der Waals surface area contributed by atoms with Gasteiger partial charge in [0.05, 0.1) is 29.3 Å². The van der Waals surface area contributed by atoms with Crippen LogP contribution in [0.1, 0.15) is 21.7 Å². The van der Waals surface area contributed by atoms with Gasteiger partial charge in [-0.1, -0.05) is 30.3 Å². The standard InChI is InChI=1S/C25H22N6O5/c1-29-21-20(23(33)30(2)25(29)35)31(14-26-21)11-12-36-24(34)16-8-4-3-7-15(16)13-19-27-18-10-6-5-9-17(18)22(32)28-19/h3-10,14H,11-13H2,1-2H3,(H,27,28,32). The Bertz CT molecular complexity index is 1810. The minimum absolute atomic E-state index is 0.0182. The van der Waals surface area contributed by atoms with Crippen molar-refractivity contribution in [1.82, 2.24) is 28.7 Å². The molecule has 36 heavy (non-hydrogen) atoms. The van der Waals surface area contributed by atoms with Crippen molar-refractivity contribution in [2.45, 2.75) is 13.0 Å². The Balaban J connectivity index is 1.34. The Morgan fingerprint density at radius 3 is 2.58 bits per heavy atom. The van der Waals surface area contributed by atoms with E-state index in [0.29, 0.717) is 27.9 Å². The number of rotatable bonds is 6. The van der Waals surface area contributed by atoms with Crippen LogP contribution in [-0.2, 0) is 31.8 Å². The Kier molecular flexibility index (Phi) is 5.80. The molecule has 0 aliphatic heterocycles. The number of benzene rings is 2. The number of para-hydroxylation sites is 1. The summed E-state index contributed by atoms with van der Waals surface area (Å²) in [5, 5.41) is 0.496. The molecule has 5 rings (SSSR count). The monoisotopic (exact) mass is 486 g/mol. The van der Waals surface area contributed by atoms with Gasteiger partial charge in [-0.3, -0.25) is 18.7 Å². The van der Waals surface area contributed by atoms with Crippen molar-refractivity contribution >= 4 is 28.0 Å². The molecule has 2 aromatic carbocycles. The molecule has 0 fully saturated rings. The largest absolute Gasteiger partial charge is 0.460 e. The molecular weight excluding hydrogens is 464 g/mol. The number of hydrogen-bond acceptors (Lipinski definition) is 7. The minimum atomic E-state index is -0.543. The molecule has 0 spiro atoms. The second-order valence-electron chi connectivity index (χ2n) is 8.32. The number of H-pyrrole nitrogens is 1. The lowest BCUT2D eigenvalue weighted by molar-refractivity contribution is 0.0491. The fourth-order valence-electron chi connectivity index (χ4n) is 4.15. The second kappa shape index (κ2) is 9.10. The van der Waals surface area contributed by atoms with Gasteiger partial charge in [0, 0.05) is 20.5 Å². The Morgan fingerprint density at radius 2 is 1.75 bits per heavy atom. The van der Waals surface area contributed by atoms with Crippen LogP contribution in [0, 0.1) is 0 Å². The normalized spacial score (nSPS) is 11.3. The van der Waals surface area contributed by atoms with E-state index >= 15 is 0 Å². The Morgan fingerprint density at radius 1 is 1.00 bits per heavy atom. The number of hydrogen-bond donors (Lipinski definition) is 1. The van der Waals surface area contributed by atoms with E-state index in [1.165, 1.54) is 25.0 Å². The summed E-state index contributed by atoms with van der Waals surface area (Å²) >= 11 is 0. The maximum Gasteiger partial charge on any atom is 0.338 e. The maximum atomic E-state index is 12.9. The van der Waals surface area contributed by atoms with Crippen molar-refractivity contribution in [2.75, 3.05) is 6.61 Å². The fraction of sp³-hybridized carbons (Fsp3) is 0.200. The van der Waals surface area contributed by atoms with Gasteiger partial charge in [0.15, 0.2) is 11.2 Å². The zero-order chi connectivity index (χ0) is 25.4. The van der Waals surface area contributed by atoms with Crippen LogP contribution in [0.5, 0.6) is 0 Å². The summed E-state index contributed by atoms with van der Waals surface area (Å²) < 4.78 is 9.35. The smallest absolute Gasteiger partial charge is 0.338 e. The number of fused-ring (bicyclic) bond motifs is 2. The van der Waals surface area contributed by atoms with Crippen LogP contribution in [-0.4, -0.2) is 41.2 Å². The van der Waals surface area contributed by atoms with Crippen molar-refractivity contribution < 1.29 is 9.53 Å². The van der Waals surface area contributed by atoms with Crippen LogP contribution in [0.25, 0.3) is 22.1 Å². The number of esters is 1. The molecule has 0 radical (unpaired) electrons. The van der Waals surface area contributed by atoms with Gasteiger partial charge in [0.1, 0.15) is 12.4 Å². The first kappa shape index (κ1) is 23.0. The first-order chi connectivity index (χ1) is 17.3. The molecule has 0 aliphatic rings. The van der Waals surface area contributed by atoms with Crippen LogP contribution in [0.15, 0.2) is 69.2 Å². The van der Waals surface area contributed by atoms with Crippen molar-refractivity contribution in [3.8, 4) is 0 Å². The summed E-state index contributed by atoms with van der Waals surface area (Å²) in [6.07, 6.45) is 1.68. The van der Waals surface area contributed by atoms with Gasteiger partial charge in [-0.2, -0.15) is 0 Å². The summed E-state index contributed by atoms with van der Waals surface area (Å²) in [5.41, 5.74) is 0.903. The van der Waals surface area contributed by atoms with Crippen LogP contribution < -0.4 is 16.8 Å². The highest BCUT2D eigenvalue weighted by Crippen LogP contribution is 2.15. The number of carbonyl (C=O) groups excluding carboxylic acids is 1. The zero-order valence-corrected chi connectivity index (χ0v) is 19.6. The van der Waals surface area contributed by atoms with E-state index in [1.54, 1.807) is 47.0 Å². The van der Waals surface area contributed by atoms with Crippen LogP contribution in [0.4, 0.5) is 0 Å². The lowest BCUT2D eigenvalue weighted by atomic mass is 10.0. The summed E-state index contributed by atoms with van der Waals surface area (Å²) in [6, 6.07) is 14.0. The molecule has 182 valence electrons. The highest BCUT2D eigenvalue weighted by molar-refractivity contribution is 5.91. The number of nitrogens with zero attached hydrogens (tertiary/aromatic N) is 5. The Labute approximate surface area is 203 Å². The third-order valence-corrected chi connectivity index (χ3v) is 6.04. The average molecular weight is 486 g/mol. The van der Waals surface area contributed by atoms with Crippen LogP contribution >= 0.6 is 0 Å². The van der Waals surface area contributed by atoms with E-state index in [2.05, 4.69) is 15.0 Å². The van der Waals surface area contributed by atoms with Crippen molar-refractivity contribution in [3.05, 3.63) is 103 Å². The lowest BCUT2D eigenvalue weighted by Gasteiger charge is -2.11. The van der Waals surface area contributed by atoms with Crippen molar-refractivity contribution in [1.29, 1.82) is 0 Å². The summed E-state index contributed by atoms with van der Waals surface area (Å²) in [7, 11) is 2.94. The molecule has 3 aromatic heterocycles. The molecule has 11 nitrogen and oxygen atoms in total. The molecule has 5 aromatic rings. The topological polar surface area (TPSA) is 134 Å². The number of aromatic nitrogens is 6. The van der Waals surface area contributed by atoms with E-state index in [0.717, 1.165) is 4.57 Å². The highest BCUT2D eigenvalue weighted by atomic mass is 16.5. The third kappa shape index (κ3) is 4.00. The van der Waals surface area contributed by atoms with Crippen LogP contribution in [0.2, 0.25) is 0 Å². The minimum Gasteiger partial charge on any atom is -0.460 e. The molecule has 0 bridgehead atoms. The van der Waals surface area contributed by atoms with Gasteiger partial charge < -0.3 is 14.3 Å². The number of aromatic amines is 1. The number of aryl methyl sites for hydroxylation is 1. The molecule has 0 aliphatic carbocycles. The zero-order valence-electron chi connectivity index (χ0n) is 19.6. The molecule has 3 heterocycles. The molecular formula is C25H22N6O5. The number of imidazole rings is 1. The van der Waals surface area contributed by atoms with Gasteiger partial charge in [-0.15, -0.1) is 0 Å². The van der Waals surface area contributed by atoms with E-state index in [1.807, 2.05) is 6.07 Å². The Hall–Kier alpha value is -4.80. The predicted molar refractivity (Wildman–Crippen MR) is 132 cm³/mol. The maximum absolute atomic E-state index is 12.9. The van der Waals surface area contributed by atoms with Gasteiger partial charge in [-0.25, -0.2) is 19.6 Å². The lowest BCUT2D eigenvalue weighted by Crippen LogP contribution is -2.37. The van der Waals surface area contributed by atoms with E-state index in [4.69, 9.17) is 4.74 Å². The average Bonchev–Trinajstić information content (AvgIpc) is 3.30. The number of nitrogens with one attached hydrogen (secondary N) is 1. The van der Waals surface area contributed by atoms with Crippen molar-refractivity contribution in [2.24, 2.45) is 14.1 Å². The first-order valence-corrected chi connectivity index (χ1v) is 11.2. The van der Waals surface area contributed by atoms with Crippen molar-refractivity contribution in [3.63, 3.8) is 0 Å². The third-order valence-electron chi connectivity index (χ3n) is 6.04. The predicted octanol–water partition coefficient (Wildman–Crippen LogP) is 1.12. The molecule has 0 saturated carbocycles. The van der Waals surface area contributed by atoms with Gasteiger partial charge >= 0.3 is 11.7 Å². The first-order valence-electron chi connectivity index (χ1n) is 11.2. The molecule has 0 atom stereocenters. The quantitative estimate of drug-likeness (QED) is 0.356. The second-order valence-corrected chi connectivity index (χ2v) is 8.32. The molecule has 0 saturated heterocycles. The number of carbonyl (C=O) groups is 1. The van der Waals surface area contributed by atoms with E-state index < -0.39 is 17.2 Å². The molecule has 0 unspecified atom stereocenters.